The molecule has 0 unspecified atom stereocenters. The van der Waals surface area contributed by atoms with Gasteiger partial charge < -0.3 is 9.13 Å². The van der Waals surface area contributed by atoms with Crippen LogP contribution in [0.3, 0.4) is 0 Å². The smallest absolute Gasteiger partial charge is 0.122 e. The first-order valence-corrected chi connectivity index (χ1v) is 14.5. The summed E-state index contributed by atoms with van der Waals surface area (Å²) in [6.45, 7) is 6.53. The molecule has 0 saturated heterocycles. The minimum atomic E-state index is 0.995. The number of hydrogen-bond donors (Lipinski definition) is 0. The zero-order valence-corrected chi connectivity index (χ0v) is 23.4. The van der Waals surface area contributed by atoms with Gasteiger partial charge in [0.2, 0.25) is 0 Å². The fourth-order valence-corrected chi connectivity index (χ4v) is 5.53. The number of aryl methyl sites for hydroxylation is 2. The minimum Gasteiger partial charge on any atom is -0.327 e. The number of rotatable bonds is 6. The average molecular weight is 519 g/mol. The van der Waals surface area contributed by atoms with E-state index in [4.69, 9.17) is 0 Å². The molecule has 0 atom stereocenters. The first-order chi connectivity index (χ1) is 19.8. The molecule has 0 fully saturated rings. The summed E-state index contributed by atoms with van der Waals surface area (Å²) in [5.41, 5.74) is 8.06. The lowest BCUT2D eigenvalue weighted by molar-refractivity contribution is 0.622. The molecule has 4 aromatic carbocycles. The number of benzene rings is 4. The van der Waals surface area contributed by atoms with E-state index in [1.807, 2.05) is 36.4 Å². The van der Waals surface area contributed by atoms with Crippen molar-refractivity contribution in [1.29, 1.82) is 0 Å². The molecule has 2 heteroatoms. The Morgan fingerprint density at radius 2 is 0.925 bits per heavy atom. The molecule has 0 aliphatic heterocycles. The average Bonchev–Trinajstić information content (AvgIpc) is 3.49. The van der Waals surface area contributed by atoms with Gasteiger partial charge in [-0.05, 0) is 61.4 Å². The monoisotopic (exact) mass is 518 g/mol. The Hall–Kier alpha value is -4.66. The molecule has 6 rings (SSSR count). The van der Waals surface area contributed by atoms with Gasteiger partial charge in [-0.25, -0.2) is 0 Å². The molecule has 0 radical (unpaired) electrons. The summed E-state index contributed by atoms with van der Waals surface area (Å²) in [6.07, 6.45) is 4.59. The van der Waals surface area contributed by atoms with Crippen molar-refractivity contribution < 1.29 is 0 Å². The Labute approximate surface area is 237 Å². The van der Waals surface area contributed by atoms with E-state index in [1.165, 1.54) is 32.8 Å². The van der Waals surface area contributed by atoms with E-state index in [0.717, 1.165) is 61.0 Å². The van der Waals surface area contributed by atoms with Gasteiger partial charge in [0.1, 0.15) is 5.65 Å². The van der Waals surface area contributed by atoms with Crippen molar-refractivity contribution in [3.8, 4) is 23.7 Å². The molecule has 0 aliphatic carbocycles. The maximum absolute atomic E-state index is 3.41. The van der Waals surface area contributed by atoms with Crippen molar-refractivity contribution in [3.63, 3.8) is 0 Å². The fourth-order valence-electron chi connectivity index (χ4n) is 5.53. The quantitative estimate of drug-likeness (QED) is 0.195. The zero-order chi connectivity index (χ0) is 27.3. The van der Waals surface area contributed by atoms with Crippen molar-refractivity contribution in [3.05, 3.63) is 119 Å². The second-order valence-electron chi connectivity index (χ2n) is 10.4. The van der Waals surface area contributed by atoms with E-state index in [9.17, 15) is 0 Å². The third-order valence-corrected chi connectivity index (χ3v) is 7.57. The van der Waals surface area contributed by atoms with Gasteiger partial charge in [-0.15, -0.1) is 0 Å². The molecule has 0 spiro atoms. The van der Waals surface area contributed by atoms with Gasteiger partial charge in [0, 0.05) is 51.5 Å². The van der Waals surface area contributed by atoms with Crippen molar-refractivity contribution in [1.82, 2.24) is 9.13 Å². The Morgan fingerprint density at radius 1 is 0.500 bits per heavy atom. The van der Waals surface area contributed by atoms with Crippen molar-refractivity contribution in [2.24, 2.45) is 0 Å². The van der Waals surface area contributed by atoms with Gasteiger partial charge in [0.15, 0.2) is 0 Å². The first-order valence-electron chi connectivity index (χ1n) is 14.5. The van der Waals surface area contributed by atoms with E-state index < -0.39 is 0 Å². The topological polar surface area (TPSA) is 9.86 Å². The molecule has 0 N–H and O–H groups in total. The summed E-state index contributed by atoms with van der Waals surface area (Å²) in [5.74, 6) is 13.5. The second kappa shape index (κ2) is 11.6. The zero-order valence-electron chi connectivity index (χ0n) is 23.4. The number of hydrogen-bond acceptors (Lipinski definition) is 0. The van der Waals surface area contributed by atoms with Crippen molar-refractivity contribution in [2.75, 3.05) is 0 Å². The van der Waals surface area contributed by atoms with E-state index in [2.05, 4.69) is 107 Å². The standard InChI is InChI=1S/C38H34N2/c1-3-5-25-39-35-27-31(19-17-29-13-9-7-10-14-29)21-23-33(35)37-34-24-22-32(20-18-30-15-11-8-12-16-30)28-36(34)40(38(37)39)26-6-4-2/h7-16,21-24,27-28H,3-6,25-26H2,1-2H3. The van der Waals surface area contributed by atoms with Gasteiger partial charge >= 0.3 is 0 Å². The van der Waals surface area contributed by atoms with Gasteiger partial charge in [0.25, 0.3) is 0 Å². The Kier molecular flexibility index (Phi) is 7.43. The van der Waals surface area contributed by atoms with Crippen molar-refractivity contribution >= 4 is 32.8 Å². The minimum absolute atomic E-state index is 0.995. The number of unbranched alkanes of at least 4 members (excludes halogenated alkanes) is 2. The highest BCUT2D eigenvalue weighted by Crippen LogP contribution is 2.38. The lowest BCUT2D eigenvalue weighted by Crippen LogP contribution is -2.05. The largest absolute Gasteiger partial charge is 0.327 e. The molecule has 6 aromatic rings. The van der Waals surface area contributed by atoms with Crippen LogP contribution in [-0.4, -0.2) is 9.13 Å². The highest BCUT2D eigenvalue weighted by molar-refractivity contribution is 6.21. The van der Waals surface area contributed by atoms with E-state index in [-0.39, 0.29) is 0 Å². The molecule has 0 saturated carbocycles. The first kappa shape index (κ1) is 25.6. The maximum Gasteiger partial charge on any atom is 0.122 e. The predicted molar refractivity (Wildman–Crippen MR) is 170 cm³/mol. The maximum atomic E-state index is 3.41. The van der Waals surface area contributed by atoms with Crippen LogP contribution in [-0.2, 0) is 13.1 Å². The van der Waals surface area contributed by atoms with Crippen LogP contribution >= 0.6 is 0 Å². The molecule has 2 aromatic heterocycles. The molecule has 196 valence electrons. The van der Waals surface area contributed by atoms with Crippen LogP contribution in [0.1, 0.15) is 61.8 Å². The van der Waals surface area contributed by atoms with E-state index >= 15 is 0 Å². The third kappa shape index (κ3) is 5.02. The molecule has 0 amide bonds. The summed E-state index contributed by atoms with van der Waals surface area (Å²) >= 11 is 0. The summed E-state index contributed by atoms with van der Waals surface area (Å²) in [4.78, 5) is 0. The third-order valence-electron chi connectivity index (χ3n) is 7.57. The molecule has 0 bridgehead atoms. The molecular weight excluding hydrogens is 484 g/mol. The van der Waals surface area contributed by atoms with E-state index in [1.54, 1.807) is 0 Å². The molecule has 0 aliphatic rings. The van der Waals surface area contributed by atoms with Crippen LogP contribution in [0.4, 0.5) is 0 Å². The van der Waals surface area contributed by atoms with Gasteiger partial charge in [-0.3, -0.25) is 0 Å². The summed E-state index contributed by atoms with van der Waals surface area (Å²) in [5, 5.41) is 3.96. The van der Waals surface area contributed by atoms with Gasteiger partial charge in [0.05, 0.1) is 11.0 Å². The summed E-state index contributed by atoms with van der Waals surface area (Å²) < 4.78 is 5.10. The fraction of sp³-hybridized carbons (Fsp3) is 0.211. The Morgan fingerprint density at radius 3 is 1.35 bits per heavy atom. The van der Waals surface area contributed by atoms with Crippen LogP contribution in [0, 0.1) is 23.7 Å². The Balaban J connectivity index is 1.54. The van der Waals surface area contributed by atoms with Crippen LogP contribution in [0.2, 0.25) is 0 Å². The van der Waals surface area contributed by atoms with Crippen LogP contribution < -0.4 is 0 Å². The lowest BCUT2D eigenvalue weighted by Gasteiger charge is -2.12. The van der Waals surface area contributed by atoms with Crippen LogP contribution in [0.25, 0.3) is 32.8 Å². The lowest BCUT2D eigenvalue weighted by atomic mass is 10.1. The second-order valence-corrected chi connectivity index (χ2v) is 10.4. The molecular formula is C38H34N2. The molecule has 2 nitrogen and oxygen atoms in total. The summed E-state index contributed by atoms with van der Waals surface area (Å²) in [7, 11) is 0. The van der Waals surface area contributed by atoms with E-state index in [0.29, 0.717) is 0 Å². The van der Waals surface area contributed by atoms with Gasteiger partial charge in [-0.2, -0.15) is 0 Å². The normalized spacial score (nSPS) is 10.9. The number of aromatic nitrogens is 2. The highest BCUT2D eigenvalue weighted by atomic mass is 15.1. The highest BCUT2D eigenvalue weighted by Gasteiger charge is 2.20. The van der Waals surface area contributed by atoms with Crippen LogP contribution in [0.5, 0.6) is 0 Å². The Bertz CT molecular complexity index is 1770. The number of fused-ring (bicyclic) bond motifs is 5. The predicted octanol–water partition coefficient (Wildman–Crippen LogP) is 9.15. The van der Waals surface area contributed by atoms with Gasteiger partial charge in [-0.1, -0.05) is 98.9 Å². The molecule has 2 heterocycles. The summed E-state index contributed by atoms with van der Waals surface area (Å²) in [6, 6.07) is 33.9. The number of nitrogens with zero attached hydrogens (tertiary/aromatic N) is 2. The van der Waals surface area contributed by atoms with Crippen LogP contribution in [0.15, 0.2) is 97.1 Å². The SMILES string of the molecule is CCCCn1c2cc(C#Cc3ccccc3)ccc2c2c3ccc(C#Cc4ccccc4)cc3n(CCCC)c21. The molecule has 40 heavy (non-hydrogen) atoms. The van der Waals surface area contributed by atoms with Crippen molar-refractivity contribution in [2.45, 2.75) is 52.6 Å².